The largest absolute Gasteiger partial charge is 0.353 e. The summed E-state index contributed by atoms with van der Waals surface area (Å²) in [4.78, 5) is 25.3. The van der Waals surface area contributed by atoms with E-state index in [1.807, 2.05) is 39.8 Å². The van der Waals surface area contributed by atoms with E-state index in [0.717, 1.165) is 6.54 Å². The molecule has 1 atom stereocenters. The Morgan fingerprint density at radius 1 is 1.24 bits per heavy atom. The van der Waals surface area contributed by atoms with Crippen LogP contribution in [0.3, 0.4) is 0 Å². The van der Waals surface area contributed by atoms with Crippen molar-refractivity contribution in [2.45, 2.75) is 33.7 Å². The van der Waals surface area contributed by atoms with Crippen molar-refractivity contribution in [3.63, 3.8) is 0 Å². The summed E-state index contributed by atoms with van der Waals surface area (Å²) in [6.07, 6.45) is 0. The van der Waals surface area contributed by atoms with Gasteiger partial charge in [0.1, 0.15) is 6.04 Å². The van der Waals surface area contributed by atoms with Crippen LogP contribution in [0, 0.1) is 5.41 Å². The third-order valence-electron chi connectivity index (χ3n) is 2.28. The Morgan fingerprint density at radius 3 is 2.18 bits per heavy atom. The first-order valence-electron chi connectivity index (χ1n) is 5.88. The van der Waals surface area contributed by atoms with Gasteiger partial charge in [0.2, 0.25) is 11.8 Å². The zero-order valence-corrected chi connectivity index (χ0v) is 11.8. The molecule has 5 nitrogen and oxygen atoms in total. The van der Waals surface area contributed by atoms with Crippen LogP contribution < -0.4 is 10.6 Å². The summed E-state index contributed by atoms with van der Waals surface area (Å²) in [5.74, 6) is -0.266. The van der Waals surface area contributed by atoms with Crippen LogP contribution in [0.4, 0.5) is 0 Å². The first-order chi connectivity index (χ1) is 7.64. The number of carbonyl (C=O) groups excluding carboxylic acids is 2. The minimum Gasteiger partial charge on any atom is -0.353 e. The fraction of sp³-hybridized carbons (Fsp3) is 0.833. The van der Waals surface area contributed by atoms with Crippen LogP contribution in [-0.2, 0) is 9.59 Å². The molecular formula is C12H25N3O2. The second-order valence-electron chi connectivity index (χ2n) is 5.54. The van der Waals surface area contributed by atoms with Gasteiger partial charge in [0, 0.05) is 18.5 Å². The third kappa shape index (κ3) is 6.94. The van der Waals surface area contributed by atoms with Crippen LogP contribution in [0.2, 0.25) is 0 Å². The predicted molar refractivity (Wildman–Crippen MR) is 68.6 cm³/mol. The summed E-state index contributed by atoms with van der Waals surface area (Å²) in [5, 5.41) is 5.47. The van der Waals surface area contributed by atoms with Gasteiger partial charge in [-0.2, -0.15) is 0 Å². The van der Waals surface area contributed by atoms with Crippen molar-refractivity contribution in [2.24, 2.45) is 5.41 Å². The number of nitrogens with zero attached hydrogens (tertiary/aromatic N) is 1. The third-order valence-corrected chi connectivity index (χ3v) is 2.28. The number of nitrogens with one attached hydrogen (secondary N) is 2. The van der Waals surface area contributed by atoms with E-state index in [1.165, 1.54) is 0 Å². The van der Waals surface area contributed by atoms with E-state index < -0.39 is 11.5 Å². The summed E-state index contributed by atoms with van der Waals surface area (Å²) in [5.41, 5.74) is -0.474. The second-order valence-corrected chi connectivity index (χ2v) is 5.54. The average Bonchev–Trinajstić information content (AvgIpc) is 2.15. The number of carbonyl (C=O) groups is 2. The Bertz CT molecular complexity index is 269. The van der Waals surface area contributed by atoms with Crippen LogP contribution in [-0.4, -0.2) is 49.9 Å². The summed E-state index contributed by atoms with van der Waals surface area (Å²) in [7, 11) is 3.88. The molecule has 0 spiro atoms. The van der Waals surface area contributed by atoms with Gasteiger partial charge < -0.3 is 15.5 Å². The van der Waals surface area contributed by atoms with Crippen LogP contribution in [0.25, 0.3) is 0 Å². The van der Waals surface area contributed by atoms with E-state index in [-0.39, 0.29) is 11.8 Å². The molecule has 0 aromatic rings. The van der Waals surface area contributed by atoms with Gasteiger partial charge in [-0.15, -0.1) is 0 Å². The Balaban J connectivity index is 4.02. The SMILES string of the molecule is CC(NC(=O)C(C)(C)C)C(=O)NCCN(C)C. The van der Waals surface area contributed by atoms with Gasteiger partial charge in [-0.25, -0.2) is 0 Å². The molecule has 0 fully saturated rings. The lowest BCUT2D eigenvalue weighted by molar-refractivity contribution is -0.133. The first kappa shape index (κ1) is 15.9. The van der Waals surface area contributed by atoms with Crippen molar-refractivity contribution in [2.75, 3.05) is 27.2 Å². The second kappa shape index (κ2) is 6.59. The van der Waals surface area contributed by atoms with E-state index in [2.05, 4.69) is 10.6 Å². The summed E-state index contributed by atoms with van der Waals surface area (Å²) in [6, 6.07) is -0.496. The smallest absolute Gasteiger partial charge is 0.242 e. The lowest BCUT2D eigenvalue weighted by atomic mass is 9.95. The van der Waals surface area contributed by atoms with E-state index in [1.54, 1.807) is 6.92 Å². The molecule has 0 saturated carbocycles. The van der Waals surface area contributed by atoms with Gasteiger partial charge in [0.25, 0.3) is 0 Å². The zero-order chi connectivity index (χ0) is 13.6. The highest BCUT2D eigenvalue weighted by Crippen LogP contribution is 2.12. The highest BCUT2D eigenvalue weighted by molar-refractivity contribution is 5.89. The van der Waals surface area contributed by atoms with E-state index in [0.29, 0.717) is 6.54 Å². The number of rotatable bonds is 5. The van der Waals surface area contributed by atoms with Crippen molar-refractivity contribution >= 4 is 11.8 Å². The maximum Gasteiger partial charge on any atom is 0.242 e. The van der Waals surface area contributed by atoms with E-state index >= 15 is 0 Å². The van der Waals surface area contributed by atoms with Gasteiger partial charge in [-0.1, -0.05) is 20.8 Å². The van der Waals surface area contributed by atoms with Crippen molar-refractivity contribution in [1.82, 2.24) is 15.5 Å². The van der Waals surface area contributed by atoms with Crippen molar-refractivity contribution in [3.8, 4) is 0 Å². The molecule has 100 valence electrons. The minimum absolute atomic E-state index is 0.118. The molecule has 0 rings (SSSR count). The van der Waals surface area contributed by atoms with Crippen molar-refractivity contribution < 1.29 is 9.59 Å². The van der Waals surface area contributed by atoms with Gasteiger partial charge in [-0.05, 0) is 21.0 Å². The van der Waals surface area contributed by atoms with Crippen LogP contribution >= 0.6 is 0 Å². The van der Waals surface area contributed by atoms with E-state index in [9.17, 15) is 9.59 Å². The Kier molecular flexibility index (Phi) is 6.16. The summed E-state index contributed by atoms with van der Waals surface area (Å²) < 4.78 is 0. The standard InChI is InChI=1S/C12H25N3O2/c1-9(14-11(17)12(2,3)4)10(16)13-7-8-15(5)6/h9H,7-8H2,1-6H3,(H,13,16)(H,14,17). The van der Waals surface area contributed by atoms with Crippen molar-refractivity contribution in [3.05, 3.63) is 0 Å². The highest BCUT2D eigenvalue weighted by Gasteiger charge is 2.24. The lowest BCUT2D eigenvalue weighted by Gasteiger charge is -2.21. The van der Waals surface area contributed by atoms with Crippen LogP contribution in [0.15, 0.2) is 0 Å². The average molecular weight is 243 g/mol. The number of amides is 2. The fourth-order valence-corrected chi connectivity index (χ4v) is 1.03. The molecule has 0 heterocycles. The molecule has 1 unspecified atom stereocenters. The number of hydrogen-bond donors (Lipinski definition) is 2. The molecule has 0 radical (unpaired) electrons. The molecule has 17 heavy (non-hydrogen) atoms. The first-order valence-corrected chi connectivity index (χ1v) is 5.88. The lowest BCUT2D eigenvalue weighted by Crippen LogP contribution is -2.49. The van der Waals surface area contributed by atoms with Crippen LogP contribution in [0.5, 0.6) is 0 Å². The molecule has 0 aliphatic carbocycles. The highest BCUT2D eigenvalue weighted by atomic mass is 16.2. The Labute approximate surface area is 104 Å². The Morgan fingerprint density at radius 2 is 1.76 bits per heavy atom. The topological polar surface area (TPSA) is 61.4 Å². The Hall–Kier alpha value is -1.10. The molecule has 5 heteroatoms. The van der Waals surface area contributed by atoms with Gasteiger partial charge in [0.15, 0.2) is 0 Å². The summed E-state index contributed by atoms with van der Waals surface area (Å²) in [6.45, 7) is 8.51. The monoisotopic (exact) mass is 243 g/mol. The van der Waals surface area contributed by atoms with Gasteiger partial charge in [0.05, 0.1) is 0 Å². The van der Waals surface area contributed by atoms with Crippen LogP contribution in [0.1, 0.15) is 27.7 Å². The molecule has 2 N–H and O–H groups in total. The quantitative estimate of drug-likeness (QED) is 0.726. The van der Waals surface area contributed by atoms with Gasteiger partial charge >= 0.3 is 0 Å². The fourth-order valence-electron chi connectivity index (χ4n) is 1.03. The van der Waals surface area contributed by atoms with Gasteiger partial charge in [-0.3, -0.25) is 9.59 Å². The zero-order valence-electron chi connectivity index (χ0n) is 11.8. The normalized spacial score (nSPS) is 13.4. The molecule has 0 saturated heterocycles. The molecule has 0 aliphatic heterocycles. The maximum atomic E-state index is 11.7. The molecule has 0 aliphatic rings. The molecular weight excluding hydrogens is 218 g/mol. The molecule has 0 aromatic carbocycles. The minimum atomic E-state index is -0.496. The number of hydrogen-bond acceptors (Lipinski definition) is 3. The molecule has 2 amide bonds. The van der Waals surface area contributed by atoms with Crippen molar-refractivity contribution in [1.29, 1.82) is 0 Å². The molecule has 0 aromatic heterocycles. The van der Waals surface area contributed by atoms with E-state index in [4.69, 9.17) is 0 Å². The predicted octanol–water partition coefficient (Wildman–Crippen LogP) is 0.215. The summed E-state index contributed by atoms with van der Waals surface area (Å²) >= 11 is 0. The number of likely N-dealkylation sites (N-methyl/N-ethyl adjacent to an activating group) is 1. The maximum absolute atomic E-state index is 11.7. The molecule has 0 bridgehead atoms.